The molecule has 164 valence electrons. The SMILES string of the molecule is CCNC(=O)C(C)(C)CNC(=NCC(=O)N(C)C)NCCSc1ccccc1.I. The molecule has 2 amide bonds. The Bertz CT molecular complexity index is 654. The highest BCUT2D eigenvalue weighted by molar-refractivity contribution is 14.0. The van der Waals surface area contributed by atoms with E-state index < -0.39 is 5.41 Å². The maximum absolute atomic E-state index is 12.2. The van der Waals surface area contributed by atoms with E-state index in [1.807, 2.05) is 39.0 Å². The van der Waals surface area contributed by atoms with Crippen molar-refractivity contribution in [3.05, 3.63) is 30.3 Å². The van der Waals surface area contributed by atoms with E-state index in [0.29, 0.717) is 25.6 Å². The van der Waals surface area contributed by atoms with E-state index in [1.54, 1.807) is 25.9 Å². The topological polar surface area (TPSA) is 85.8 Å². The Morgan fingerprint density at radius 3 is 2.34 bits per heavy atom. The summed E-state index contributed by atoms with van der Waals surface area (Å²) >= 11 is 1.74. The van der Waals surface area contributed by atoms with Crippen LogP contribution in [0.5, 0.6) is 0 Å². The fourth-order valence-corrected chi connectivity index (χ4v) is 2.89. The fraction of sp³-hybridized carbons (Fsp3) is 0.550. The molecule has 0 heterocycles. The van der Waals surface area contributed by atoms with Gasteiger partial charge in [-0.2, -0.15) is 0 Å². The van der Waals surface area contributed by atoms with Crippen molar-refractivity contribution in [1.29, 1.82) is 0 Å². The van der Waals surface area contributed by atoms with Crippen LogP contribution in [0.3, 0.4) is 0 Å². The molecule has 0 spiro atoms. The number of carbonyl (C=O) groups excluding carboxylic acids is 2. The van der Waals surface area contributed by atoms with Gasteiger partial charge in [-0.25, -0.2) is 4.99 Å². The molecule has 0 atom stereocenters. The van der Waals surface area contributed by atoms with E-state index in [-0.39, 0.29) is 42.3 Å². The minimum absolute atomic E-state index is 0. The molecule has 1 rings (SSSR count). The number of aliphatic imine (C=N–C) groups is 1. The zero-order chi connectivity index (χ0) is 21.0. The molecule has 0 fully saturated rings. The second kappa shape index (κ2) is 14.5. The van der Waals surface area contributed by atoms with Crippen LogP contribution in [-0.4, -0.2) is 68.7 Å². The lowest BCUT2D eigenvalue weighted by Gasteiger charge is -2.25. The van der Waals surface area contributed by atoms with Crippen LogP contribution in [0.15, 0.2) is 40.2 Å². The molecule has 0 radical (unpaired) electrons. The second-order valence-electron chi connectivity index (χ2n) is 7.14. The Morgan fingerprint density at radius 1 is 1.10 bits per heavy atom. The van der Waals surface area contributed by atoms with Gasteiger partial charge >= 0.3 is 0 Å². The van der Waals surface area contributed by atoms with Gasteiger partial charge in [0.2, 0.25) is 11.8 Å². The summed E-state index contributed by atoms with van der Waals surface area (Å²) < 4.78 is 0. The number of benzene rings is 1. The quantitative estimate of drug-likeness (QED) is 0.141. The summed E-state index contributed by atoms with van der Waals surface area (Å²) in [5.74, 6) is 1.28. The van der Waals surface area contributed by atoms with E-state index in [0.717, 1.165) is 5.75 Å². The minimum Gasteiger partial charge on any atom is -0.356 e. The number of hydrogen-bond donors (Lipinski definition) is 3. The van der Waals surface area contributed by atoms with Gasteiger partial charge in [-0.1, -0.05) is 18.2 Å². The third-order valence-electron chi connectivity index (χ3n) is 3.93. The average molecular weight is 535 g/mol. The molecule has 0 unspecified atom stereocenters. The molecule has 1 aromatic rings. The van der Waals surface area contributed by atoms with Gasteiger partial charge in [-0.3, -0.25) is 9.59 Å². The number of guanidine groups is 1. The Kier molecular flexibility index (Phi) is 13.7. The van der Waals surface area contributed by atoms with Gasteiger partial charge in [0.25, 0.3) is 0 Å². The average Bonchev–Trinajstić information content (AvgIpc) is 2.67. The molecule has 1 aromatic carbocycles. The number of likely N-dealkylation sites (N-methyl/N-ethyl adjacent to an activating group) is 1. The van der Waals surface area contributed by atoms with Crippen LogP contribution in [0.1, 0.15) is 20.8 Å². The summed E-state index contributed by atoms with van der Waals surface area (Å²) in [4.78, 5) is 31.1. The van der Waals surface area contributed by atoms with Crippen LogP contribution >= 0.6 is 35.7 Å². The molecular formula is C20H34IN5O2S. The van der Waals surface area contributed by atoms with E-state index >= 15 is 0 Å². The monoisotopic (exact) mass is 535 g/mol. The van der Waals surface area contributed by atoms with Crippen LogP contribution in [0.25, 0.3) is 0 Å². The van der Waals surface area contributed by atoms with Crippen molar-refractivity contribution < 1.29 is 9.59 Å². The molecule has 0 saturated heterocycles. The van der Waals surface area contributed by atoms with Crippen molar-refractivity contribution >= 4 is 53.5 Å². The molecule has 3 N–H and O–H groups in total. The largest absolute Gasteiger partial charge is 0.356 e. The predicted octanol–water partition coefficient (Wildman–Crippen LogP) is 2.18. The van der Waals surface area contributed by atoms with Gasteiger partial charge in [0.1, 0.15) is 6.54 Å². The Morgan fingerprint density at radius 2 is 1.76 bits per heavy atom. The lowest BCUT2D eigenvalue weighted by atomic mass is 9.92. The first kappa shape index (κ1) is 27.5. The summed E-state index contributed by atoms with van der Waals surface area (Å²) in [6.07, 6.45) is 0. The van der Waals surface area contributed by atoms with E-state index in [1.165, 1.54) is 9.80 Å². The van der Waals surface area contributed by atoms with Crippen LogP contribution in [0.2, 0.25) is 0 Å². The van der Waals surface area contributed by atoms with Gasteiger partial charge in [0, 0.05) is 44.4 Å². The standard InChI is InChI=1S/C20H33N5O2S.HI/c1-6-21-18(27)20(2,3)15-24-19(23-14-17(26)25(4)5)22-12-13-28-16-10-8-7-9-11-16;/h7-11H,6,12-15H2,1-5H3,(H,21,27)(H2,22,23,24);1H. The molecule has 7 nitrogen and oxygen atoms in total. The molecule has 0 aliphatic heterocycles. The van der Waals surface area contributed by atoms with Gasteiger partial charge in [-0.05, 0) is 32.9 Å². The van der Waals surface area contributed by atoms with Crippen LogP contribution < -0.4 is 16.0 Å². The van der Waals surface area contributed by atoms with Gasteiger partial charge in [-0.15, -0.1) is 35.7 Å². The number of nitrogens with one attached hydrogen (secondary N) is 3. The zero-order valence-corrected chi connectivity index (χ0v) is 21.1. The molecule has 0 aromatic heterocycles. The number of halogens is 1. The maximum Gasteiger partial charge on any atom is 0.243 e. The molecule has 9 heteroatoms. The van der Waals surface area contributed by atoms with Crippen LogP contribution in [-0.2, 0) is 9.59 Å². The summed E-state index contributed by atoms with van der Waals surface area (Å²) in [7, 11) is 3.40. The van der Waals surface area contributed by atoms with Crippen molar-refractivity contribution in [3.63, 3.8) is 0 Å². The van der Waals surface area contributed by atoms with Crippen LogP contribution in [0, 0.1) is 5.41 Å². The van der Waals surface area contributed by atoms with Gasteiger partial charge < -0.3 is 20.9 Å². The fourth-order valence-electron chi connectivity index (χ4n) is 2.10. The predicted molar refractivity (Wildman–Crippen MR) is 132 cm³/mol. The Balaban J connectivity index is 0.00000784. The van der Waals surface area contributed by atoms with Crippen molar-refractivity contribution in [1.82, 2.24) is 20.9 Å². The van der Waals surface area contributed by atoms with E-state index in [9.17, 15) is 9.59 Å². The third kappa shape index (κ3) is 11.3. The van der Waals surface area contributed by atoms with Crippen molar-refractivity contribution in [2.75, 3.05) is 46.0 Å². The molecule has 0 aliphatic carbocycles. The summed E-state index contributed by atoms with van der Waals surface area (Å²) in [6, 6.07) is 10.2. The summed E-state index contributed by atoms with van der Waals surface area (Å²) in [5, 5.41) is 9.28. The molecular weight excluding hydrogens is 501 g/mol. The molecule has 0 saturated carbocycles. The molecule has 0 bridgehead atoms. The summed E-state index contributed by atoms with van der Waals surface area (Å²) in [6.45, 7) is 7.38. The third-order valence-corrected chi connectivity index (χ3v) is 4.94. The maximum atomic E-state index is 12.2. The van der Waals surface area contributed by atoms with E-state index in [2.05, 4.69) is 33.1 Å². The molecule has 0 aliphatic rings. The first-order valence-corrected chi connectivity index (χ1v) is 10.4. The Hall–Kier alpha value is -1.49. The number of hydrogen-bond acceptors (Lipinski definition) is 4. The van der Waals surface area contributed by atoms with Crippen LogP contribution in [0.4, 0.5) is 0 Å². The smallest absolute Gasteiger partial charge is 0.243 e. The molecule has 29 heavy (non-hydrogen) atoms. The normalized spacial score (nSPS) is 11.3. The lowest BCUT2D eigenvalue weighted by Crippen LogP contribution is -2.48. The van der Waals surface area contributed by atoms with Gasteiger partial charge in [0.05, 0.1) is 5.41 Å². The van der Waals surface area contributed by atoms with Crippen molar-refractivity contribution in [2.24, 2.45) is 10.4 Å². The minimum atomic E-state index is -0.594. The first-order valence-electron chi connectivity index (χ1n) is 9.44. The van der Waals surface area contributed by atoms with E-state index in [4.69, 9.17) is 0 Å². The lowest BCUT2D eigenvalue weighted by molar-refractivity contribution is -0.129. The highest BCUT2D eigenvalue weighted by Crippen LogP contribution is 2.16. The Labute approximate surface area is 195 Å². The number of amides is 2. The van der Waals surface area contributed by atoms with Gasteiger partial charge in [0.15, 0.2) is 5.96 Å². The number of rotatable bonds is 10. The second-order valence-corrected chi connectivity index (χ2v) is 8.31. The summed E-state index contributed by atoms with van der Waals surface area (Å²) in [5.41, 5.74) is -0.594. The zero-order valence-electron chi connectivity index (χ0n) is 17.9. The van der Waals surface area contributed by atoms with Crippen molar-refractivity contribution in [3.8, 4) is 0 Å². The number of nitrogens with zero attached hydrogens (tertiary/aromatic N) is 2. The van der Waals surface area contributed by atoms with Crippen molar-refractivity contribution in [2.45, 2.75) is 25.7 Å². The number of carbonyl (C=O) groups is 2. The highest BCUT2D eigenvalue weighted by Gasteiger charge is 2.27. The number of thioether (sulfide) groups is 1. The first-order chi connectivity index (χ1) is 13.3. The highest BCUT2D eigenvalue weighted by atomic mass is 127.